The Morgan fingerprint density at radius 3 is 2.52 bits per heavy atom. The van der Waals surface area contributed by atoms with Crippen LogP contribution in [0.4, 0.5) is 16.2 Å². The number of halogens is 2. The van der Waals surface area contributed by atoms with Gasteiger partial charge in [-0.1, -0.05) is 41.4 Å². The van der Waals surface area contributed by atoms with Crippen LogP contribution in [-0.2, 0) is 4.79 Å². The maximum atomic E-state index is 12.6. The molecule has 0 spiro atoms. The van der Waals surface area contributed by atoms with Crippen molar-refractivity contribution in [3.05, 3.63) is 58.1 Å². The zero-order chi connectivity index (χ0) is 16.6. The Hall–Kier alpha value is -1.69. The molecule has 0 aliphatic carbocycles. The predicted octanol–water partition coefficient (Wildman–Crippen LogP) is 4.94. The fraction of sp³-hybridized carbons (Fsp3) is 0.125. The molecule has 2 amide bonds. The van der Waals surface area contributed by atoms with Crippen LogP contribution in [0.2, 0.25) is 10.0 Å². The van der Waals surface area contributed by atoms with Crippen LogP contribution in [0.15, 0.2) is 42.5 Å². The molecule has 1 heterocycles. The van der Waals surface area contributed by atoms with E-state index in [0.29, 0.717) is 21.4 Å². The van der Waals surface area contributed by atoms with E-state index in [1.807, 2.05) is 19.1 Å². The number of nitrogens with one attached hydrogen (secondary N) is 1. The molecule has 1 aliphatic rings. The van der Waals surface area contributed by atoms with Crippen molar-refractivity contribution in [2.45, 2.75) is 12.3 Å². The third-order valence-corrected chi connectivity index (χ3v) is 5.10. The first kappa shape index (κ1) is 16.2. The first-order valence-corrected chi connectivity index (χ1v) is 8.43. The van der Waals surface area contributed by atoms with E-state index in [-0.39, 0.29) is 11.1 Å². The van der Waals surface area contributed by atoms with Crippen molar-refractivity contribution in [1.82, 2.24) is 0 Å². The summed E-state index contributed by atoms with van der Waals surface area (Å²) in [6, 6.07) is 12.3. The number of para-hydroxylation sites is 1. The molecule has 7 heteroatoms. The molecule has 118 valence electrons. The van der Waals surface area contributed by atoms with Gasteiger partial charge in [-0.05, 0) is 48.5 Å². The number of imide groups is 1. The van der Waals surface area contributed by atoms with Crippen LogP contribution in [0, 0.1) is 6.92 Å². The van der Waals surface area contributed by atoms with Crippen LogP contribution in [0.5, 0.6) is 0 Å². The van der Waals surface area contributed by atoms with E-state index in [1.165, 1.54) is 4.90 Å². The van der Waals surface area contributed by atoms with Gasteiger partial charge in [0.25, 0.3) is 11.1 Å². The normalized spacial score (nSPS) is 17.7. The molecule has 1 atom stereocenters. The molecule has 1 fully saturated rings. The summed E-state index contributed by atoms with van der Waals surface area (Å²) in [6.45, 7) is 1.86. The number of hydrogen-bond donors (Lipinski definition) is 1. The second kappa shape index (κ2) is 6.43. The molecule has 2 aromatic carbocycles. The molecule has 23 heavy (non-hydrogen) atoms. The van der Waals surface area contributed by atoms with Crippen LogP contribution in [0.3, 0.4) is 0 Å². The van der Waals surface area contributed by atoms with Crippen molar-refractivity contribution in [3.8, 4) is 0 Å². The lowest BCUT2D eigenvalue weighted by Gasteiger charge is -2.17. The predicted molar refractivity (Wildman–Crippen MR) is 95.5 cm³/mol. The third-order valence-electron chi connectivity index (χ3n) is 3.42. The van der Waals surface area contributed by atoms with Crippen LogP contribution >= 0.6 is 35.0 Å². The molecule has 2 aromatic rings. The largest absolute Gasteiger partial charge is 0.365 e. The lowest BCUT2D eigenvalue weighted by molar-refractivity contribution is -0.116. The summed E-state index contributed by atoms with van der Waals surface area (Å²) in [5, 5.41) is 2.83. The minimum Gasteiger partial charge on any atom is -0.365 e. The zero-order valence-corrected chi connectivity index (χ0v) is 14.4. The quantitative estimate of drug-likeness (QED) is 0.835. The van der Waals surface area contributed by atoms with Crippen LogP contribution in [-0.4, -0.2) is 16.5 Å². The standard InChI is InChI=1S/C16H12Cl2N2O2S/c1-9-4-2-3-5-13(9)20-15(21)14(23-16(20)22)19-10-6-7-11(17)12(18)8-10/h2-8,14,19H,1H3. The van der Waals surface area contributed by atoms with Crippen molar-refractivity contribution < 1.29 is 9.59 Å². The SMILES string of the molecule is Cc1ccccc1N1C(=O)SC(Nc2ccc(Cl)c(Cl)c2)C1=O. The summed E-state index contributed by atoms with van der Waals surface area (Å²) < 4.78 is 0. The second-order valence-corrected chi connectivity index (χ2v) is 6.87. The molecule has 4 nitrogen and oxygen atoms in total. The van der Waals surface area contributed by atoms with Gasteiger partial charge in [-0.25, -0.2) is 4.90 Å². The first-order chi connectivity index (χ1) is 11.0. The summed E-state index contributed by atoms with van der Waals surface area (Å²) in [6.07, 6.45) is 0. The highest BCUT2D eigenvalue weighted by Gasteiger charge is 2.41. The number of hydrogen-bond acceptors (Lipinski definition) is 4. The van der Waals surface area contributed by atoms with Gasteiger partial charge in [0.05, 0.1) is 15.7 Å². The smallest absolute Gasteiger partial charge is 0.295 e. The van der Waals surface area contributed by atoms with Gasteiger partial charge in [0, 0.05) is 5.69 Å². The number of carbonyl (C=O) groups excluding carboxylic acids is 2. The monoisotopic (exact) mass is 366 g/mol. The maximum Gasteiger partial charge on any atom is 0.295 e. The summed E-state index contributed by atoms with van der Waals surface area (Å²) in [5.41, 5.74) is 2.10. The number of benzene rings is 2. The van der Waals surface area contributed by atoms with E-state index < -0.39 is 5.37 Å². The number of carbonyl (C=O) groups is 2. The first-order valence-electron chi connectivity index (χ1n) is 6.79. The van der Waals surface area contributed by atoms with E-state index in [9.17, 15) is 9.59 Å². The highest BCUT2D eigenvalue weighted by Crippen LogP contribution is 2.34. The average molecular weight is 367 g/mol. The Morgan fingerprint density at radius 2 is 1.83 bits per heavy atom. The molecular formula is C16H12Cl2N2O2S. The van der Waals surface area contributed by atoms with Crippen molar-refractivity contribution >= 4 is 57.5 Å². The zero-order valence-electron chi connectivity index (χ0n) is 12.0. The number of anilines is 2. The highest BCUT2D eigenvalue weighted by molar-refractivity contribution is 8.16. The molecule has 0 radical (unpaired) electrons. The van der Waals surface area contributed by atoms with Gasteiger partial charge in [0.1, 0.15) is 0 Å². The van der Waals surface area contributed by atoms with Crippen LogP contribution < -0.4 is 10.2 Å². The van der Waals surface area contributed by atoms with Gasteiger partial charge in [0.15, 0.2) is 5.37 Å². The molecule has 1 N–H and O–H groups in total. The van der Waals surface area contributed by atoms with E-state index in [2.05, 4.69) is 5.32 Å². The lowest BCUT2D eigenvalue weighted by atomic mass is 10.2. The van der Waals surface area contributed by atoms with Crippen molar-refractivity contribution in [1.29, 1.82) is 0 Å². The Labute approximate surface area is 147 Å². The third kappa shape index (κ3) is 3.17. The van der Waals surface area contributed by atoms with Gasteiger partial charge >= 0.3 is 0 Å². The van der Waals surface area contributed by atoms with Gasteiger partial charge in [0.2, 0.25) is 0 Å². The van der Waals surface area contributed by atoms with Crippen molar-refractivity contribution in [2.75, 3.05) is 10.2 Å². The molecule has 1 aliphatic heterocycles. The van der Waals surface area contributed by atoms with Gasteiger partial charge < -0.3 is 5.32 Å². The molecule has 3 rings (SSSR count). The topological polar surface area (TPSA) is 49.4 Å². The maximum absolute atomic E-state index is 12.6. The van der Waals surface area contributed by atoms with Crippen LogP contribution in [0.1, 0.15) is 5.56 Å². The average Bonchev–Trinajstić information content (AvgIpc) is 2.78. The number of aryl methyl sites for hydroxylation is 1. The Kier molecular flexibility index (Phi) is 4.53. The molecule has 1 saturated heterocycles. The molecule has 0 aromatic heterocycles. The fourth-order valence-corrected chi connectivity index (χ4v) is 3.47. The highest BCUT2D eigenvalue weighted by atomic mass is 35.5. The molecule has 0 bridgehead atoms. The minimum absolute atomic E-state index is 0.304. The summed E-state index contributed by atoms with van der Waals surface area (Å²) >= 11 is 12.8. The number of nitrogens with zero attached hydrogens (tertiary/aromatic N) is 1. The summed E-state index contributed by atoms with van der Waals surface area (Å²) in [5.74, 6) is -0.305. The Balaban J connectivity index is 1.84. The summed E-state index contributed by atoms with van der Waals surface area (Å²) in [7, 11) is 0. The molecule has 1 unspecified atom stereocenters. The fourth-order valence-electron chi connectivity index (χ4n) is 2.27. The van der Waals surface area contributed by atoms with E-state index in [4.69, 9.17) is 23.2 Å². The number of thioether (sulfide) groups is 1. The number of rotatable bonds is 3. The van der Waals surface area contributed by atoms with Gasteiger partial charge in [-0.15, -0.1) is 0 Å². The van der Waals surface area contributed by atoms with Crippen molar-refractivity contribution in [2.24, 2.45) is 0 Å². The van der Waals surface area contributed by atoms with E-state index >= 15 is 0 Å². The minimum atomic E-state index is -0.695. The van der Waals surface area contributed by atoms with E-state index in [0.717, 1.165) is 17.3 Å². The Morgan fingerprint density at radius 1 is 1.09 bits per heavy atom. The Bertz CT molecular complexity index is 797. The van der Waals surface area contributed by atoms with Crippen molar-refractivity contribution in [3.63, 3.8) is 0 Å². The molecule has 0 saturated carbocycles. The van der Waals surface area contributed by atoms with Gasteiger partial charge in [-0.3, -0.25) is 9.59 Å². The summed E-state index contributed by atoms with van der Waals surface area (Å²) in [4.78, 5) is 26.0. The van der Waals surface area contributed by atoms with Crippen LogP contribution in [0.25, 0.3) is 0 Å². The van der Waals surface area contributed by atoms with Gasteiger partial charge in [-0.2, -0.15) is 0 Å². The van der Waals surface area contributed by atoms with E-state index in [1.54, 1.807) is 30.3 Å². The molecular weight excluding hydrogens is 355 g/mol. The second-order valence-electron chi connectivity index (χ2n) is 5.00. The lowest BCUT2D eigenvalue weighted by Crippen LogP contribution is -2.34. The number of amides is 2.